The normalized spacial score (nSPS) is 16.9. The van der Waals surface area contributed by atoms with Crippen LogP contribution >= 0.6 is 45.2 Å². The summed E-state index contributed by atoms with van der Waals surface area (Å²) in [6, 6.07) is 0. The molecule has 0 atom stereocenters. The van der Waals surface area contributed by atoms with Crippen molar-refractivity contribution >= 4 is 54.8 Å². The molecule has 0 saturated carbocycles. The van der Waals surface area contributed by atoms with E-state index in [4.69, 9.17) is 5.41 Å². The molecule has 0 fully saturated rings. The fourth-order valence-electron chi connectivity index (χ4n) is 0.435. The zero-order valence-electron chi connectivity index (χ0n) is 4.28. The smallest absolute Gasteiger partial charge is 0.126 e. The molecule has 0 aromatic carbocycles. The van der Waals surface area contributed by atoms with Gasteiger partial charge in [0.1, 0.15) is 9.42 Å². The van der Waals surface area contributed by atoms with Gasteiger partial charge in [0, 0.05) is 9.45 Å². The van der Waals surface area contributed by atoms with Crippen molar-refractivity contribution in [1.29, 1.82) is 5.41 Å². The Morgan fingerprint density at radius 2 is 2.22 bits per heavy atom. The van der Waals surface area contributed by atoms with E-state index in [9.17, 15) is 0 Å². The molecular weight excluding hydrogens is 342 g/mol. The minimum atomic E-state index is 0.615. The second-order valence-electron chi connectivity index (χ2n) is 1.41. The number of rotatable bonds is 0. The first-order valence-corrected chi connectivity index (χ1v) is 4.31. The summed E-state index contributed by atoms with van der Waals surface area (Å²) in [6.45, 7) is 0. The van der Waals surface area contributed by atoms with Crippen LogP contribution in [-0.4, -0.2) is 9.59 Å². The molecule has 0 bridgehead atoms. The summed E-state index contributed by atoms with van der Waals surface area (Å²) in [5, 5.41) is 6.73. The number of hydrogen-bond acceptors (Lipinski definition) is 2. The molecule has 0 spiro atoms. The second kappa shape index (κ2) is 2.94. The van der Waals surface area contributed by atoms with E-state index < -0.39 is 0 Å². The molecule has 1 aliphatic rings. The lowest BCUT2D eigenvalue weighted by atomic mass is 10.5. The van der Waals surface area contributed by atoms with Crippen molar-refractivity contribution < 1.29 is 0 Å². The largest absolute Gasteiger partial charge is 0.257 e. The van der Waals surface area contributed by atoms with Crippen LogP contribution in [0.5, 0.6) is 0 Å². The van der Waals surface area contributed by atoms with E-state index in [1.165, 1.54) is 0 Å². The number of nitrogens with zero attached hydrogens (tertiary/aromatic N) is 1. The van der Waals surface area contributed by atoms with Gasteiger partial charge in [0.15, 0.2) is 0 Å². The molecule has 9 heavy (non-hydrogen) atoms. The molecule has 1 N–H and O–H groups in total. The van der Waals surface area contributed by atoms with Crippen LogP contribution in [0.1, 0.15) is 0 Å². The highest BCUT2D eigenvalue weighted by molar-refractivity contribution is 14.1. The third-order valence-electron chi connectivity index (χ3n) is 0.807. The Balaban J connectivity index is 3.10. The van der Waals surface area contributed by atoms with Gasteiger partial charge in [-0.15, -0.1) is 0 Å². The van der Waals surface area contributed by atoms with E-state index in [2.05, 4.69) is 56.0 Å². The summed E-state index contributed by atoms with van der Waals surface area (Å²) in [4.78, 5) is 4.01. The number of allylic oxidation sites excluding steroid dienone is 2. The lowest BCUT2D eigenvalue weighted by molar-refractivity contribution is 1.48. The molecule has 2 nitrogen and oxygen atoms in total. The van der Waals surface area contributed by atoms with Crippen molar-refractivity contribution in [2.24, 2.45) is 4.99 Å². The summed E-state index contributed by atoms with van der Waals surface area (Å²) >= 11 is 4.30. The van der Waals surface area contributed by atoms with Crippen LogP contribution < -0.4 is 0 Å². The fourth-order valence-corrected chi connectivity index (χ4v) is 1.27. The summed E-state index contributed by atoms with van der Waals surface area (Å²) in [5.74, 6) is 2.22. The standard InChI is InChI=1S/C5H2I2N2/c6-4-1-3(2-8)9-5(4)7/h1,8H. The van der Waals surface area contributed by atoms with Gasteiger partial charge in [-0.05, 0) is 51.3 Å². The van der Waals surface area contributed by atoms with Gasteiger partial charge in [0.2, 0.25) is 0 Å². The van der Waals surface area contributed by atoms with Gasteiger partial charge in [0.25, 0.3) is 0 Å². The number of hydrogen-bond donors (Lipinski definition) is 1. The second-order valence-corrected chi connectivity index (χ2v) is 3.59. The maximum absolute atomic E-state index is 6.73. The average molecular weight is 344 g/mol. The quantitative estimate of drug-likeness (QED) is 0.517. The monoisotopic (exact) mass is 344 g/mol. The highest BCUT2D eigenvalue weighted by Gasteiger charge is 2.07. The Morgan fingerprint density at radius 3 is 2.44 bits per heavy atom. The topological polar surface area (TPSA) is 36.2 Å². The molecule has 1 rings (SSSR count). The Morgan fingerprint density at radius 1 is 1.56 bits per heavy atom. The minimum absolute atomic E-state index is 0.615. The SMILES string of the molecule is N=C=C1C=C(I)C(I)=N1. The molecule has 1 aliphatic heterocycles. The lowest BCUT2D eigenvalue weighted by Crippen LogP contribution is -1.74. The van der Waals surface area contributed by atoms with Crippen molar-refractivity contribution in [2.75, 3.05) is 0 Å². The van der Waals surface area contributed by atoms with Gasteiger partial charge in [-0.3, -0.25) is 5.41 Å². The molecule has 1 heterocycles. The van der Waals surface area contributed by atoms with Crippen molar-refractivity contribution in [3.8, 4) is 0 Å². The zero-order valence-corrected chi connectivity index (χ0v) is 8.60. The summed E-state index contributed by atoms with van der Waals surface area (Å²) in [6.07, 6.45) is 1.83. The van der Waals surface area contributed by atoms with Gasteiger partial charge >= 0.3 is 0 Å². The maximum Gasteiger partial charge on any atom is 0.126 e. The molecule has 0 radical (unpaired) electrons. The molecule has 0 aromatic rings. The van der Waals surface area contributed by atoms with Gasteiger partial charge in [0.05, 0.1) is 0 Å². The summed E-state index contributed by atoms with van der Waals surface area (Å²) in [5.41, 5.74) is 0.615. The third kappa shape index (κ3) is 1.62. The van der Waals surface area contributed by atoms with E-state index >= 15 is 0 Å². The number of halogens is 2. The van der Waals surface area contributed by atoms with E-state index in [0.29, 0.717) is 5.70 Å². The van der Waals surface area contributed by atoms with Crippen LogP contribution in [0.15, 0.2) is 20.3 Å². The zero-order chi connectivity index (χ0) is 6.85. The number of nitrogens with one attached hydrogen (secondary N) is 1. The predicted molar refractivity (Wildman–Crippen MR) is 54.8 cm³/mol. The Labute approximate surface area is 79.9 Å². The van der Waals surface area contributed by atoms with Crippen LogP contribution in [0.3, 0.4) is 0 Å². The van der Waals surface area contributed by atoms with Gasteiger partial charge < -0.3 is 0 Å². The first-order valence-electron chi connectivity index (χ1n) is 2.15. The number of aliphatic imine (C=N–C) groups is 1. The van der Waals surface area contributed by atoms with E-state index in [1.54, 1.807) is 0 Å². The maximum atomic E-state index is 6.73. The molecule has 0 amide bonds. The van der Waals surface area contributed by atoms with Crippen molar-refractivity contribution in [3.63, 3.8) is 0 Å². The van der Waals surface area contributed by atoms with Crippen LogP contribution in [-0.2, 0) is 0 Å². The lowest BCUT2D eigenvalue weighted by Gasteiger charge is -1.79. The fraction of sp³-hybridized carbons (Fsp3) is 0. The van der Waals surface area contributed by atoms with Crippen LogP contribution in [0.25, 0.3) is 0 Å². The highest BCUT2D eigenvalue weighted by atomic mass is 127. The van der Waals surface area contributed by atoms with Gasteiger partial charge in [-0.2, -0.15) is 0 Å². The average Bonchev–Trinajstić information content (AvgIpc) is 2.13. The molecule has 46 valence electrons. The van der Waals surface area contributed by atoms with E-state index in [0.717, 1.165) is 7.30 Å². The third-order valence-corrected chi connectivity index (χ3v) is 3.48. The molecular formula is C5H2I2N2. The van der Waals surface area contributed by atoms with Gasteiger partial charge in [-0.1, -0.05) is 0 Å². The molecule has 0 unspecified atom stereocenters. The Hall–Kier alpha value is 0.320. The molecule has 0 saturated heterocycles. The molecule has 0 aromatic heterocycles. The minimum Gasteiger partial charge on any atom is -0.257 e. The van der Waals surface area contributed by atoms with E-state index in [1.807, 2.05) is 6.08 Å². The van der Waals surface area contributed by atoms with Crippen LogP contribution in [0.4, 0.5) is 0 Å². The highest BCUT2D eigenvalue weighted by Crippen LogP contribution is 2.23. The molecule has 0 aliphatic carbocycles. The van der Waals surface area contributed by atoms with Crippen molar-refractivity contribution in [1.82, 2.24) is 0 Å². The van der Waals surface area contributed by atoms with Crippen molar-refractivity contribution in [2.45, 2.75) is 0 Å². The molecule has 4 heteroatoms. The van der Waals surface area contributed by atoms with Crippen LogP contribution in [0, 0.1) is 5.41 Å². The first-order chi connectivity index (χ1) is 4.24. The van der Waals surface area contributed by atoms with Crippen molar-refractivity contribution in [3.05, 3.63) is 15.4 Å². The van der Waals surface area contributed by atoms with Crippen LogP contribution in [0.2, 0.25) is 0 Å². The summed E-state index contributed by atoms with van der Waals surface area (Å²) < 4.78 is 2.03. The first kappa shape index (κ1) is 7.43. The summed E-state index contributed by atoms with van der Waals surface area (Å²) in [7, 11) is 0. The van der Waals surface area contributed by atoms with Gasteiger partial charge in [-0.25, -0.2) is 4.99 Å². The Bertz CT molecular complexity index is 226. The van der Waals surface area contributed by atoms with E-state index in [-0.39, 0.29) is 0 Å². The predicted octanol–water partition coefficient (Wildman–Crippen LogP) is 2.28. The Kier molecular flexibility index (Phi) is 2.42.